The molecule has 1 fully saturated rings. The fourth-order valence-corrected chi connectivity index (χ4v) is 3.17. The highest BCUT2D eigenvalue weighted by Crippen LogP contribution is 2.36. The summed E-state index contributed by atoms with van der Waals surface area (Å²) >= 11 is 0. The number of rotatable bonds is 5. The smallest absolute Gasteiger partial charge is 0.339 e. The third-order valence-electron chi connectivity index (χ3n) is 4.36. The molecule has 1 aliphatic heterocycles. The summed E-state index contributed by atoms with van der Waals surface area (Å²) in [6.45, 7) is 1.52. The van der Waals surface area contributed by atoms with Crippen molar-refractivity contribution in [2.45, 2.75) is 6.42 Å². The first-order valence-corrected chi connectivity index (χ1v) is 7.88. The maximum absolute atomic E-state index is 12.9. The number of methoxy groups -OCH3 is 1. The summed E-state index contributed by atoms with van der Waals surface area (Å²) in [4.78, 5) is 24.3. The minimum atomic E-state index is -1.06. The third kappa shape index (κ3) is 2.90. The van der Waals surface area contributed by atoms with Crippen molar-refractivity contribution < 1.29 is 19.4 Å². The zero-order valence-electron chi connectivity index (χ0n) is 13.4. The summed E-state index contributed by atoms with van der Waals surface area (Å²) in [7, 11) is 1.44. The Bertz CT molecular complexity index is 779. The molecule has 3 rings (SSSR count). The molecule has 5 heteroatoms. The first-order valence-electron chi connectivity index (χ1n) is 7.88. The number of aromatic carboxylic acids is 1. The maximum atomic E-state index is 12.9. The van der Waals surface area contributed by atoms with Crippen molar-refractivity contribution in [2.75, 3.05) is 20.2 Å². The van der Waals surface area contributed by atoms with Crippen LogP contribution >= 0.6 is 0 Å². The molecule has 0 amide bonds. The van der Waals surface area contributed by atoms with Gasteiger partial charge in [0.25, 0.3) is 0 Å². The highest BCUT2D eigenvalue weighted by atomic mass is 16.5. The fraction of sp³-hybridized carbons (Fsp3) is 0.263. The number of nitrogens with one attached hydrogen (secondary N) is 1. The first kappa shape index (κ1) is 16.2. The standard InChI is InChI=1S/C19H19NO4/c1-24-18-15(7-4-8-16(18)19(22)23)13-5-2-3-6-14(13)17(21)12-9-10-20-11-12/h2-8,12,20H,9-11H2,1H3,(H,22,23). The van der Waals surface area contributed by atoms with Gasteiger partial charge in [-0.05, 0) is 24.6 Å². The lowest BCUT2D eigenvalue weighted by Crippen LogP contribution is -2.18. The Morgan fingerprint density at radius 2 is 1.79 bits per heavy atom. The van der Waals surface area contributed by atoms with Crippen molar-refractivity contribution in [1.82, 2.24) is 5.32 Å². The van der Waals surface area contributed by atoms with Crippen LogP contribution in [0.5, 0.6) is 5.75 Å². The van der Waals surface area contributed by atoms with Gasteiger partial charge in [0.15, 0.2) is 5.78 Å². The fourth-order valence-electron chi connectivity index (χ4n) is 3.17. The summed E-state index contributed by atoms with van der Waals surface area (Å²) < 4.78 is 5.35. The predicted octanol–water partition coefficient (Wildman–Crippen LogP) is 2.85. The maximum Gasteiger partial charge on any atom is 0.339 e. The van der Waals surface area contributed by atoms with Gasteiger partial charge >= 0.3 is 5.97 Å². The van der Waals surface area contributed by atoms with Gasteiger partial charge in [0.05, 0.1) is 7.11 Å². The number of ether oxygens (including phenoxy) is 1. The quantitative estimate of drug-likeness (QED) is 0.827. The van der Waals surface area contributed by atoms with E-state index in [2.05, 4.69) is 5.32 Å². The van der Waals surface area contributed by atoms with E-state index in [4.69, 9.17) is 4.74 Å². The summed E-state index contributed by atoms with van der Waals surface area (Å²) in [5, 5.41) is 12.6. The number of benzene rings is 2. The van der Waals surface area contributed by atoms with Crippen LogP contribution < -0.4 is 10.1 Å². The topological polar surface area (TPSA) is 75.6 Å². The second-order valence-corrected chi connectivity index (χ2v) is 5.79. The third-order valence-corrected chi connectivity index (χ3v) is 4.36. The molecule has 1 unspecified atom stereocenters. The van der Waals surface area contributed by atoms with Crippen LogP contribution in [0.4, 0.5) is 0 Å². The van der Waals surface area contributed by atoms with Crippen LogP contribution in [0.1, 0.15) is 27.1 Å². The summed E-state index contributed by atoms with van der Waals surface area (Å²) in [6.07, 6.45) is 0.819. The van der Waals surface area contributed by atoms with Crippen molar-refractivity contribution in [3.8, 4) is 16.9 Å². The first-order chi connectivity index (χ1) is 11.6. The monoisotopic (exact) mass is 325 g/mol. The van der Waals surface area contributed by atoms with E-state index in [0.717, 1.165) is 13.0 Å². The Hall–Kier alpha value is -2.66. The number of para-hydroxylation sites is 1. The van der Waals surface area contributed by atoms with Gasteiger partial charge in [-0.25, -0.2) is 4.79 Å². The number of ketones is 1. The molecule has 0 bridgehead atoms. The molecule has 0 aromatic heterocycles. The van der Waals surface area contributed by atoms with E-state index in [1.807, 2.05) is 18.2 Å². The van der Waals surface area contributed by atoms with Crippen LogP contribution in [-0.2, 0) is 0 Å². The minimum Gasteiger partial charge on any atom is -0.495 e. The van der Waals surface area contributed by atoms with E-state index in [9.17, 15) is 14.7 Å². The Morgan fingerprint density at radius 1 is 1.08 bits per heavy atom. The highest BCUT2D eigenvalue weighted by Gasteiger charge is 2.26. The van der Waals surface area contributed by atoms with Crippen molar-refractivity contribution >= 4 is 11.8 Å². The molecule has 1 heterocycles. The van der Waals surface area contributed by atoms with Gasteiger partial charge in [0, 0.05) is 23.6 Å². The van der Waals surface area contributed by atoms with E-state index in [1.54, 1.807) is 18.2 Å². The normalized spacial score (nSPS) is 16.8. The van der Waals surface area contributed by atoms with Gasteiger partial charge < -0.3 is 15.2 Å². The summed E-state index contributed by atoms with van der Waals surface area (Å²) in [6, 6.07) is 12.2. The van der Waals surface area contributed by atoms with E-state index in [1.165, 1.54) is 13.2 Å². The van der Waals surface area contributed by atoms with Gasteiger partial charge in [-0.3, -0.25) is 4.79 Å². The lowest BCUT2D eigenvalue weighted by atomic mass is 9.89. The number of carbonyl (C=O) groups excluding carboxylic acids is 1. The molecular formula is C19H19NO4. The molecule has 1 saturated heterocycles. The molecule has 0 radical (unpaired) electrons. The van der Waals surface area contributed by atoms with Crippen LogP contribution in [0.25, 0.3) is 11.1 Å². The zero-order valence-corrected chi connectivity index (χ0v) is 13.4. The highest BCUT2D eigenvalue weighted by molar-refractivity contribution is 6.05. The molecule has 1 atom stereocenters. The molecule has 2 N–H and O–H groups in total. The van der Waals surface area contributed by atoms with Crippen LogP contribution in [0.3, 0.4) is 0 Å². The second kappa shape index (κ2) is 6.84. The SMILES string of the molecule is COc1c(C(=O)O)cccc1-c1ccccc1C(=O)C1CCNC1. The van der Waals surface area contributed by atoms with E-state index >= 15 is 0 Å². The van der Waals surface area contributed by atoms with Crippen molar-refractivity contribution in [3.05, 3.63) is 53.6 Å². The molecule has 0 spiro atoms. The number of hydrogen-bond acceptors (Lipinski definition) is 4. The van der Waals surface area contributed by atoms with Crippen LogP contribution in [0, 0.1) is 5.92 Å². The Kier molecular flexibility index (Phi) is 4.62. The number of carboxylic acid groups (broad SMARTS) is 1. The Balaban J connectivity index is 2.12. The lowest BCUT2D eigenvalue weighted by molar-refractivity contribution is 0.0693. The average Bonchev–Trinajstić information content (AvgIpc) is 3.15. The van der Waals surface area contributed by atoms with E-state index in [-0.39, 0.29) is 23.0 Å². The molecular weight excluding hydrogens is 306 g/mol. The van der Waals surface area contributed by atoms with Crippen molar-refractivity contribution in [3.63, 3.8) is 0 Å². The van der Waals surface area contributed by atoms with Crippen molar-refractivity contribution in [1.29, 1.82) is 0 Å². The molecule has 0 saturated carbocycles. The number of hydrogen-bond donors (Lipinski definition) is 2. The van der Waals surface area contributed by atoms with Crippen LogP contribution in [0.15, 0.2) is 42.5 Å². The van der Waals surface area contributed by atoms with Gasteiger partial charge in [-0.1, -0.05) is 36.4 Å². The number of Topliss-reactive ketones (excluding diaryl/α,β-unsaturated/α-hetero) is 1. The van der Waals surface area contributed by atoms with Gasteiger partial charge in [0.1, 0.15) is 11.3 Å². The average molecular weight is 325 g/mol. The second-order valence-electron chi connectivity index (χ2n) is 5.79. The molecule has 24 heavy (non-hydrogen) atoms. The van der Waals surface area contributed by atoms with Gasteiger partial charge in [-0.15, -0.1) is 0 Å². The Morgan fingerprint density at radius 3 is 2.46 bits per heavy atom. The summed E-state index contributed by atoms with van der Waals surface area (Å²) in [5.74, 6) is -0.745. The van der Waals surface area contributed by atoms with E-state index < -0.39 is 5.97 Å². The molecule has 1 aliphatic rings. The molecule has 0 aliphatic carbocycles. The molecule has 124 valence electrons. The predicted molar refractivity (Wildman–Crippen MR) is 90.7 cm³/mol. The van der Waals surface area contributed by atoms with Gasteiger partial charge in [-0.2, -0.15) is 0 Å². The van der Waals surface area contributed by atoms with Crippen LogP contribution in [-0.4, -0.2) is 37.1 Å². The van der Waals surface area contributed by atoms with Crippen molar-refractivity contribution in [2.24, 2.45) is 5.92 Å². The van der Waals surface area contributed by atoms with Gasteiger partial charge in [0.2, 0.25) is 0 Å². The minimum absolute atomic E-state index is 0.0419. The lowest BCUT2D eigenvalue weighted by Gasteiger charge is -2.16. The zero-order chi connectivity index (χ0) is 17.1. The largest absolute Gasteiger partial charge is 0.495 e. The number of carboxylic acids is 1. The molecule has 5 nitrogen and oxygen atoms in total. The Labute approximate surface area is 140 Å². The molecule has 2 aromatic rings. The molecule has 2 aromatic carbocycles. The van der Waals surface area contributed by atoms with E-state index in [0.29, 0.717) is 23.2 Å². The summed E-state index contributed by atoms with van der Waals surface area (Å²) in [5.41, 5.74) is 2.01. The van der Waals surface area contributed by atoms with Crippen LogP contribution in [0.2, 0.25) is 0 Å². The number of carbonyl (C=O) groups is 2.